The van der Waals surface area contributed by atoms with Crippen molar-refractivity contribution in [3.8, 4) is 0 Å². The molecule has 0 saturated carbocycles. The van der Waals surface area contributed by atoms with E-state index in [2.05, 4.69) is 30.5 Å². The Labute approximate surface area is 102 Å². The van der Waals surface area contributed by atoms with Crippen molar-refractivity contribution in [3.05, 3.63) is 42.1 Å². The van der Waals surface area contributed by atoms with E-state index in [0.29, 0.717) is 0 Å². The fourth-order valence-electron chi connectivity index (χ4n) is 1.76. The van der Waals surface area contributed by atoms with Crippen LogP contribution in [0, 0.1) is 0 Å². The van der Waals surface area contributed by atoms with Gasteiger partial charge >= 0.3 is 0 Å². The Balaban J connectivity index is 1.84. The summed E-state index contributed by atoms with van der Waals surface area (Å²) in [6.07, 6.45) is 6.81. The van der Waals surface area contributed by atoms with Gasteiger partial charge < -0.3 is 9.73 Å². The lowest BCUT2D eigenvalue weighted by atomic mass is 10.2. The van der Waals surface area contributed by atoms with Crippen molar-refractivity contribution in [1.82, 2.24) is 15.1 Å². The van der Waals surface area contributed by atoms with Gasteiger partial charge in [0.2, 0.25) is 0 Å². The Kier molecular flexibility index (Phi) is 3.98. The Morgan fingerprint density at radius 2 is 2.41 bits per heavy atom. The Morgan fingerprint density at radius 1 is 1.53 bits per heavy atom. The van der Waals surface area contributed by atoms with Gasteiger partial charge in [-0.2, -0.15) is 5.10 Å². The van der Waals surface area contributed by atoms with E-state index in [-0.39, 0.29) is 6.04 Å². The number of furan rings is 1. The van der Waals surface area contributed by atoms with Crippen LogP contribution < -0.4 is 5.32 Å². The van der Waals surface area contributed by atoms with Crippen molar-refractivity contribution in [2.75, 3.05) is 0 Å². The van der Waals surface area contributed by atoms with E-state index in [9.17, 15) is 0 Å². The van der Waals surface area contributed by atoms with Crippen molar-refractivity contribution in [1.29, 1.82) is 0 Å². The van der Waals surface area contributed by atoms with E-state index in [1.165, 1.54) is 5.56 Å². The fourth-order valence-corrected chi connectivity index (χ4v) is 1.76. The zero-order valence-corrected chi connectivity index (χ0v) is 10.4. The minimum atomic E-state index is 0.222. The number of hydrogen-bond donors (Lipinski definition) is 1. The van der Waals surface area contributed by atoms with Crippen LogP contribution in [0.5, 0.6) is 0 Å². The summed E-state index contributed by atoms with van der Waals surface area (Å²) >= 11 is 0. The summed E-state index contributed by atoms with van der Waals surface area (Å²) in [5.74, 6) is 0.964. The standard InChI is InChI=1S/C13H19N3O/c1-3-6-16-10-12(9-15-16)8-14-11(2)13-5-4-7-17-13/h4-5,7,9-11,14H,3,6,8H2,1-2H3/t11-/m1/s1. The largest absolute Gasteiger partial charge is 0.468 e. The second-order valence-electron chi connectivity index (χ2n) is 4.23. The molecule has 2 heterocycles. The van der Waals surface area contributed by atoms with E-state index in [4.69, 9.17) is 4.42 Å². The lowest BCUT2D eigenvalue weighted by Crippen LogP contribution is -2.17. The summed E-state index contributed by atoms with van der Waals surface area (Å²) in [4.78, 5) is 0. The maximum Gasteiger partial charge on any atom is 0.120 e. The molecule has 0 unspecified atom stereocenters. The van der Waals surface area contributed by atoms with Crippen molar-refractivity contribution in [2.24, 2.45) is 0 Å². The Morgan fingerprint density at radius 3 is 3.12 bits per heavy atom. The number of aryl methyl sites for hydroxylation is 1. The van der Waals surface area contributed by atoms with Gasteiger partial charge in [-0.3, -0.25) is 4.68 Å². The molecule has 0 bridgehead atoms. The summed E-state index contributed by atoms with van der Waals surface area (Å²) in [6.45, 7) is 6.03. The molecule has 1 N–H and O–H groups in total. The third-order valence-electron chi connectivity index (χ3n) is 2.72. The maximum absolute atomic E-state index is 5.34. The van der Waals surface area contributed by atoms with Crippen LogP contribution in [0.25, 0.3) is 0 Å². The van der Waals surface area contributed by atoms with Gasteiger partial charge in [-0.25, -0.2) is 0 Å². The van der Waals surface area contributed by atoms with Gasteiger partial charge in [0, 0.05) is 24.8 Å². The van der Waals surface area contributed by atoms with Crippen LogP contribution in [-0.4, -0.2) is 9.78 Å². The number of rotatable bonds is 6. The summed E-state index contributed by atoms with van der Waals surface area (Å²) in [5, 5.41) is 7.71. The first-order valence-electron chi connectivity index (χ1n) is 6.07. The summed E-state index contributed by atoms with van der Waals surface area (Å²) < 4.78 is 7.32. The highest BCUT2D eigenvalue weighted by Gasteiger charge is 2.07. The molecule has 92 valence electrons. The molecule has 4 nitrogen and oxygen atoms in total. The molecule has 0 spiro atoms. The fraction of sp³-hybridized carbons (Fsp3) is 0.462. The third-order valence-corrected chi connectivity index (χ3v) is 2.72. The average molecular weight is 233 g/mol. The number of aromatic nitrogens is 2. The summed E-state index contributed by atoms with van der Waals surface area (Å²) in [5.41, 5.74) is 1.21. The molecule has 1 atom stereocenters. The maximum atomic E-state index is 5.34. The molecule has 0 amide bonds. The van der Waals surface area contributed by atoms with Crippen molar-refractivity contribution in [2.45, 2.75) is 39.4 Å². The van der Waals surface area contributed by atoms with Crippen LogP contribution in [0.3, 0.4) is 0 Å². The predicted molar refractivity (Wildman–Crippen MR) is 66.5 cm³/mol. The lowest BCUT2D eigenvalue weighted by molar-refractivity contribution is 0.430. The quantitative estimate of drug-likeness (QED) is 0.834. The van der Waals surface area contributed by atoms with E-state index in [0.717, 1.165) is 25.3 Å². The highest BCUT2D eigenvalue weighted by Crippen LogP contribution is 2.12. The first-order valence-corrected chi connectivity index (χ1v) is 6.07. The van der Waals surface area contributed by atoms with Crippen LogP contribution in [0.1, 0.15) is 37.6 Å². The highest BCUT2D eigenvalue weighted by atomic mass is 16.3. The second kappa shape index (κ2) is 5.68. The molecule has 0 aliphatic carbocycles. The van der Waals surface area contributed by atoms with Gasteiger partial charge in [0.05, 0.1) is 18.5 Å². The first kappa shape index (κ1) is 11.9. The minimum absolute atomic E-state index is 0.222. The monoisotopic (exact) mass is 233 g/mol. The van der Waals surface area contributed by atoms with Crippen LogP contribution in [0.15, 0.2) is 35.2 Å². The molecule has 17 heavy (non-hydrogen) atoms. The van der Waals surface area contributed by atoms with Crippen LogP contribution >= 0.6 is 0 Å². The molecule has 2 aromatic heterocycles. The Bertz CT molecular complexity index is 433. The Hall–Kier alpha value is -1.55. The van der Waals surface area contributed by atoms with Crippen LogP contribution in [0.2, 0.25) is 0 Å². The molecule has 0 fully saturated rings. The van der Waals surface area contributed by atoms with Gasteiger partial charge in [-0.15, -0.1) is 0 Å². The summed E-state index contributed by atoms with van der Waals surface area (Å²) in [6, 6.07) is 4.12. The van der Waals surface area contributed by atoms with Crippen LogP contribution in [-0.2, 0) is 13.1 Å². The van der Waals surface area contributed by atoms with Gasteiger partial charge in [0.1, 0.15) is 5.76 Å². The van der Waals surface area contributed by atoms with E-state index < -0.39 is 0 Å². The number of nitrogens with zero attached hydrogens (tertiary/aromatic N) is 2. The van der Waals surface area contributed by atoms with Crippen molar-refractivity contribution in [3.63, 3.8) is 0 Å². The summed E-state index contributed by atoms with van der Waals surface area (Å²) in [7, 11) is 0. The molecule has 4 heteroatoms. The molecule has 0 aromatic carbocycles. The zero-order chi connectivity index (χ0) is 12.1. The molecular weight excluding hydrogens is 214 g/mol. The third kappa shape index (κ3) is 3.20. The topological polar surface area (TPSA) is 43.0 Å². The SMILES string of the molecule is CCCn1cc(CN[C@H](C)c2ccco2)cn1. The van der Waals surface area contributed by atoms with Gasteiger partial charge in [0.15, 0.2) is 0 Å². The normalized spacial score (nSPS) is 12.8. The molecule has 2 rings (SSSR count). The van der Waals surface area contributed by atoms with Crippen LogP contribution in [0.4, 0.5) is 0 Å². The van der Waals surface area contributed by atoms with E-state index in [1.807, 2.05) is 23.0 Å². The first-order chi connectivity index (χ1) is 8.29. The molecule has 0 radical (unpaired) electrons. The lowest BCUT2D eigenvalue weighted by Gasteiger charge is -2.09. The van der Waals surface area contributed by atoms with E-state index in [1.54, 1.807) is 6.26 Å². The highest BCUT2D eigenvalue weighted by molar-refractivity contribution is 5.06. The molecule has 0 aliphatic rings. The predicted octanol–water partition coefficient (Wildman–Crippen LogP) is 2.74. The van der Waals surface area contributed by atoms with Gasteiger partial charge in [-0.1, -0.05) is 6.92 Å². The van der Waals surface area contributed by atoms with Crippen molar-refractivity contribution < 1.29 is 4.42 Å². The minimum Gasteiger partial charge on any atom is -0.468 e. The number of hydrogen-bond acceptors (Lipinski definition) is 3. The molecule has 2 aromatic rings. The molecule has 0 aliphatic heterocycles. The average Bonchev–Trinajstić information content (AvgIpc) is 2.97. The van der Waals surface area contributed by atoms with Gasteiger partial charge in [-0.05, 0) is 25.5 Å². The second-order valence-corrected chi connectivity index (χ2v) is 4.23. The van der Waals surface area contributed by atoms with Crippen molar-refractivity contribution >= 4 is 0 Å². The van der Waals surface area contributed by atoms with Gasteiger partial charge in [0.25, 0.3) is 0 Å². The van der Waals surface area contributed by atoms with E-state index >= 15 is 0 Å². The zero-order valence-electron chi connectivity index (χ0n) is 10.4. The molecular formula is C13H19N3O. The smallest absolute Gasteiger partial charge is 0.120 e. The molecule has 0 saturated heterocycles. The number of nitrogens with one attached hydrogen (secondary N) is 1.